The highest BCUT2D eigenvalue weighted by molar-refractivity contribution is 9.10. The fourth-order valence-corrected chi connectivity index (χ4v) is 1.89. The van der Waals surface area contributed by atoms with Crippen LogP contribution < -0.4 is 11.1 Å². The summed E-state index contributed by atoms with van der Waals surface area (Å²) >= 11 is 3.41. The van der Waals surface area contributed by atoms with Gasteiger partial charge in [-0.05, 0) is 38.9 Å². The Morgan fingerprint density at radius 1 is 1.20 bits per heavy atom. The minimum absolute atomic E-state index is 0.106. The van der Waals surface area contributed by atoms with Crippen LogP contribution in [-0.4, -0.2) is 31.5 Å². The van der Waals surface area contributed by atoms with E-state index in [0.717, 1.165) is 16.5 Å². The second-order valence-corrected chi connectivity index (χ2v) is 4.98. The highest BCUT2D eigenvalue weighted by Gasteiger charge is 2.12. The number of pyridine rings is 1. The van der Waals surface area contributed by atoms with Crippen molar-refractivity contribution in [3.63, 3.8) is 0 Å². The van der Waals surface area contributed by atoms with Gasteiger partial charge in [-0.2, -0.15) is 0 Å². The van der Waals surface area contributed by atoms with E-state index < -0.39 is 0 Å². The van der Waals surface area contributed by atoms with Crippen molar-refractivity contribution >= 4 is 41.2 Å². The Balaban J connectivity index is -0.000000533. The lowest BCUT2D eigenvalue weighted by Gasteiger charge is -2.05. The van der Waals surface area contributed by atoms with Gasteiger partial charge in [0.25, 0.3) is 5.91 Å². The van der Waals surface area contributed by atoms with E-state index in [1.54, 1.807) is 12.3 Å². The summed E-state index contributed by atoms with van der Waals surface area (Å²) in [6, 6.07) is 1.80. The zero-order valence-corrected chi connectivity index (χ0v) is 17.1. The molecule has 0 saturated heterocycles. The minimum atomic E-state index is -0.106. The summed E-state index contributed by atoms with van der Waals surface area (Å²) in [5.74, 6) is 0.455. The number of nitrogens with zero attached hydrogens (tertiary/aromatic N) is 1. The zero-order valence-electron chi connectivity index (χ0n) is 15.6. The molecule has 3 N–H and O–H groups in total. The Bertz CT molecular complexity index is 571. The molecule has 0 saturated carbocycles. The summed E-state index contributed by atoms with van der Waals surface area (Å²) in [5.41, 5.74) is 7.45. The largest absolute Gasteiger partial charge is 0.333 e. The van der Waals surface area contributed by atoms with Gasteiger partial charge in [0.05, 0.1) is 0 Å². The summed E-state index contributed by atoms with van der Waals surface area (Å²) < 4.78 is 0.940. The Kier molecular flexibility index (Phi) is 20.2. The van der Waals surface area contributed by atoms with Crippen molar-refractivity contribution in [2.24, 2.45) is 5.73 Å². The molecule has 0 atom stereocenters. The Morgan fingerprint density at radius 2 is 1.72 bits per heavy atom. The fourth-order valence-electron chi connectivity index (χ4n) is 1.57. The first-order chi connectivity index (χ1) is 12.1. The molecule has 1 aromatic heterocycles. The number of halogens is 1. The maximum atomic E-state index is 11.9. The van der Waals surface area contributed by atoms with Crippen LogP contribution in [0.5, 0.6) is 0 Å². The molecule has 6 nitrogen and oxygen atoms in total. The molecular weight excluding hydrogens is 386 g/mol. The predicted molar refractivity (Wildman–Crippen MR) is 107 cm³/mol. The van der Waals surface area contributed by atoms with Crippen LogP contribution in [0.25, 0.3) is 0 Å². The second-order valence-electron chi connectivity index (χ2n) is 4.13. The van der Waals surface area contributed by atoms with E-state index in [2.05, 4.69) is 32.0 Å². The van der Waals surface area contributed by atoms with Crippen molar-refractivity contribution in [3.8, 4) is 0 Å². The van der Waals surface area contributed by atoms with Gasteiger partial charge in [0, 0.05) is 16.2 Å². The number of anilines is 1. The van der Waals surface area contributed by atoms with Crippen molar-refractivity contribution in [2.45, 2.75) is 34.1 Å². The van der Waals surface area contributed by atoms with Crippen LogP contribution in [0.1, 0.15) is 32.8 Å². The molecule has 0 fully saturated rings. The van der Waals surface area contributed by atoms with Crippen molar-refractivity contribution in [1.82, 2.24) is 4.98 Å². The Morgan fingerprint density at radius 3 is 2.12 bits per heavy atom. The molecule has 1 heterocycles. The van der Waals surface area contributed by atoms with E-state index in [1.165, 1.54) is 12.6 Å². The van der Waals surface area contributed by atoms with E-state index >= 15 is 0 Å². The van der Waals surface area contributed by atoms with Crippen LogP contribution in [0.2, 0.25) is 0 Å². The van der Waals surface area contributed by atoms with Crippen molar-refractivity contribution in [3.05, 3.63) is 45.6 Å². The minimum Gasteiger partial charge on any atom is -0.333 e. The number of nitrogens with two attached hydrogens (primary N) is 1. The first-order valence-electron chi connectivity index (χ1n) is 7.52. The smallest absolute Gasteiger partial charge is 0.256 e. The first-order valence-corrected chi connectivity index (χ1v) is 8.32. The summed E-state index contributed by atoms with van der Waals surface area (Å²) in [5, 5.41) is 2.78. The number of carbonyl (C=O) groups is 3. The standard InChI is InChI=1S/C13H13BrN2O.C2H6.CH5N.2CH2O/c1-8-3-4-10(5-8)13(17)16-12-6-11(14)9(2)7-15-12;4*1-2/h4-7H,3H2,1-2H3,(H,15,16,17);1-2H3;2H2,1H3;2*1H2. The molecule has 1 amide bonds. The zero-order chi connectivity index (χ0) is 20.4. The van der Waals surface area contributed by atoms with Gasteiger partial charge in [0.2, 0.25) is 0 Å². The van der Waals surface area contributed by atoms with E-state index in [-0.39, 0.29) is 5.91 Å². The normalized spacial score (nSPS) is 10.5. The SMILES string of the molecule is C=O.C=O.CC.CC1=CC(C(=O)Nc2cc(Br)c(C)cn2)=CC1.CN. The molecular formula is C18H28BrN3O3. The number of amides is 1. The van der Waals surface area contributed by atoms with Gasteiger partial charge in [-0.25, -0.2) is 4.98 Å². The highest BCUT2D eigenvalue weighted by atomic mass is 79.9. The van der Waals surface area contributed by atoms with Gasteiger partial charge >= 0.3 is 0 Å². The number of allylic oxidation sites excluding steroid dienone is 2. The fraction of sp³-hybridized carbons (Fsp3) is 0.333. The van der Waals surface area contributed by atoms with Crippen LogP contribution in [0.15, 0.2) is 40.0 Å². The van der Waals surface area contributed by atoms with Crippen molar-refractivity contribution in [1.29, 1.82) is 0 Å². The summed E-state index contributed by atoms with van der Waals surface area (Å²) in [7, 11) is 1.50. The van der Waals surface area contributed by atoms with Crippen LogP contribution in [-0.2, 0) is 14.4 Å². The van der Waals surface area contributed by atoms with E-state index in [9.17, 15) is 4.79 Å². The van der Waals surface area contributed by atoms with E-state index in [1.807, 2.05) is 53.4 Å². The average molecular weight is 414 g/mol. The number of rotatable bonds is 2. The number of nitrogens with one attached hydrogen (secondary N) is 1. The lowest BCUT2D eigenvalue weighted by atomic mass is 10.2. The quantitative estimate of drug-likeness (QED) is 0.770. The number of aryl methyl sites for hydroxylation is 1. The average Bonchev–Trinajstić information content (AvgIpc) is 3.11. The topological polar surface area (TPSA) is 102 Å². The third-order valence-corrected chi connectivity index (χ3v) is 3.44. The molecule has 7 heteroatoms. The summed E-state index contributed by atoms with van der Waals surface area (Å²) in [6.07, 6.45) is 6.41. The van der Waals surface area contributed by atoms with Gasteiger partial charge in [-0.1, -0.05) is 47.5 Å². The van der Waals surface area contributed by atoms with Gasteiger partial charge < -0.3 is 20.6 Å². The predicted octanol–water partition coefficient (Wildman–Crippen LogP) is 3.60. The third-order valence-electron chi connectivity index (χ3n) is 2.59. The van der Waals surface area contributed by atoms with Gasteiger partial charge in [-0.15, -0.1) is 0 Å². The lowest BCUT2D eigenvalue weighted by Crippen LogP contribution is -2.13. The number of hydrogen-bond donors (Lipinski definition) is 2. The van der Waals surface area contributed by atoms with Crippen molar-refractivity contribution in [2.75, 3.05) is 12.4 Å². The van der Waals surface area contributed by atoms with Gasteiger partial charge in [0.15, 0.2) is 0 Å². The molecule has 1 aromatic rings. The van der Waals surface area contributed by atoms with E-state index in [4.69, 9.17) is 9.59 Å². The molecule has 0 spiro atoms. The molecule has 0 radical (unpaired) electrons. The number of carbonyl (C=O) groups excluding carboxylic acids is 3. The van der Waals surface area contributed by atoms with E-state index in [0.29, 0.717) is 11.4 Å². The molecule has 1 aliphatic rings. The van der Waals surface area contributed by atoms with Gasteiger partial charge in [-0.3, -0.25) is 4.79 Å². The van der Waals surface area contributed by atoms with Crippen LogP contribution >= 0.6 is 15.9 Å². The molecule has 0 aliphatic heterocycles. The second kappa shape index (κ2) is 18.2. The van der Waals surface area contributed by atoms with Crippen LogP contribution in [0, 0.1) is 6.92 Å². The molecule has 0 bridgehead atoms. The highest BCUT2D eigenvalue weighted by Crippen LogP contribution is 2.20. The molecule has 25 heavy (non-hydrogen) atoms. The maximum absolute atomic E-state index is 11.9. The monoisotopic (exact) mass is 413 g/mol. The third kappa shape index (κ3) is 11.1. The first kappa shape index (κ1) is 27.7. The van der Waals surface area contributed by atoms with Crippen LogP contribution in [0.4, 0.5) is 5.82 Å². The molecule has 2 rings (SSSR count). The van der Waals surface area contributed by atoms with Crippen LogP contribution in [0.3, 0.4) is 0 Å². The van der Waals surface area contributed by atoms with Gasteiger partial charge in [0.1, 0.15) is 19.4 Å². The molecule has 1 aliphatic carbocycles. The number of hydrogen-bond acceptors (Lipinski definition) is 5. The summed E-state index contributed by atoms with van der Waals surface area (Å²) in [4.78, 5) is 32.0. The Hall–Kier alpha value is -2.12. The molecule has 140 valence electrons. The number of aromatic nitrogens is 1. The maximum Gasteiger partial charge on any atom is 0.256 e. The molecule has 0 aromatic carbocycles. The van der Waals surface area contributed by atoms with Crippen molar-refractivity contribution < 1.29 is 14.4 Å². The lowest BCUT2D eigenvalue weighted by molar-refractivity contribution is -0.112. The Labute approximate surface area is 158 Å². The summed E-state index contributed by atoms with van der Waals surface area (Å²) in [6.45, 7) is 12.0. The molecule has 0 unspecified atom stereocenters.